The van der Waals surface area contributed by atoms with Gasteiger partial charge in [0, 0.05) is 32.4 Å². The molecule has 0 radical (unpaired) electrons. The van der Waals surface area contributed by atoms with Crippen LogP contribution >= 0.6 is 0 Å². The molecule has 33 heavy (non-hydrogen) atoms. The molecule has 15 heteroatoms. The molecule has 1 atom stereocenters. The Morgan fingerprint density at radius 1 is 1.24 bits per heavy atom. The summed E-state index contributed by atoms with van der Waals surface area (Å²) in [6.07, 6.45) is -2.22. The molecular weight excluding hydrogens is 450 g/mol. The van der Waals surface area contributed by atoms with Crippen molar-refractivity contribution >= 4 is 11.8 Å². The van der Waals surface area contributed by atoms with Crippen LogP contribution < -0.4 is 21.6 Å². The third-order valence-corrected chi connectivity index (χ3v) is 4.51. The number of hydrazine groups is 2. The predicted molar refractivity (Wildman–Crippen MR) is 105 cm³/mol. The second-order valence-corrected chi connectivity index (χ2v) is 6.98. The van der Waals surface area contributed by atoms with E-state index in [1.807, 2.05) is 0 Å². The topological polar surface area (TPSA) is 129 Å². The van der Waals surface area contributed by atoms with Gasteiger partial charge in [-0.2, -0.15) is 13.2 Å². The van der Waals surface area contributed by atoms with Gasteiger partial charge >= 0.3 is 6.18 Å². The van der Waals surface area contributed by atoms with Gasteiger partial charge in [0.05, 0.1) is 30.5 Å². The largest absolute Gasteiger partial charge is 0.417 e. The lowest BCUT2D eigenvalue weighted by atomic mass is 10.2. The lowest BCUT2D eigenvalue weighted by molar-refractivity contribution is -0.137. The summed E-state index contributed by atoms with van der Waals surface area (Å²) in [6, 6.07) is 2.05. The number of halogens is 4. The smallest absolute Gasteiger partial charge is 0.354 e. The molecule has 4 N–H and O–H groups in total. The van der Waals surface area contributed by atoms with E-state index in [2.05, 4.69) is 36.9 Å². The minimum atomic E-state index is -4.49. The standard InChI is InChI=1S/C18H21F4N9O2/c1-23-16(32)14-9-30(28-26-14)5-4-12(19)8-31-10-15(27-29-31)17(33)25-7-13-3-2-11(6-24-13)18(20,21)22/h2-3,6,9-10,12,27,29H,4-5,7-8H2,1H3,(H,23,32)(H,25,33). The Kier molecular flexibility index (Phi) is 7.42. The lowest BCUT2D eigenvalue weighted by Gasteiger charge is -2.17. The van der Waals surface area contributed by atoms with E-state index in [1.54, 1.807) is 0 Å². The first-order chi connectivity index (χ1) is 15.7. The fraction of sp³-hybridized carbons (Fsp3) is 0.389. The van der Waals surface area contributed by atoms with Gasteiger partial charge in [-0.1, -0.05) is 5.21 Å². The van der Waals surface area contributed by atoms with Crippen molar-refractivity contribution in [3.63, 3.8) is 0 Å². The van der Waals surface area contributed by atoms with Gasteiger partial charge in [-0.3, -0.25) is 29.7 Å². The monoisotopic (exact) mass is 471 g/mol. The van der Waals surface area contributed by atoms with Crippen LogP contribution in [0.3, 0.4) is 0 Å². The molecule has 0 bridgehead atoms. The highest BCUT2D eigenvalue weighted by Crippen LogP contribution is 2.28. The second-order valence-electron chi connectivity index (χ2n) is 6.98. The van der Waals surface area contributed by atoms with Crippen molar-refractivity contribution in [1.82, 2.24) is 46.6 Å². The van der Waals surface area contributed by atoms with Crippen molar-refractivity contribution in [2.45, 2.75) is 31.9 Å². The zero-order chi connectivity index (χ0) is 24.0. The molecule has 0 saturated heterocycles. The summed E-state index contributed by atoms with van der Waals surface area (Å²) < 4.78 is 53.3. The van der Waals surface area contributed by atoms with Crippen LogP contribution in [0.25, 0.3) is 0 Å². The molecular formula is C18H21F4N9O2. The Hall–Kier alpha value is -3.75. The van der Waals surface area contributed by atoms with Crippen molar-refractivity contribution in [2.75, 3.05) is 13.6 Å². The number of carbonyl (C=O) groups excluding carboxylic acids is 2. The van der Waals surface area contributed by atoms with Crippen molar-refractivity contribution < 1.29 is 27.2 Å². The first kappa shape index (κ1) is 23.9. The van der Waals surface area contributed by atoms with Crippen LogP contribution in [-0.4, -0.2) is 56.6 Å². The highest BCUT2D eigenvalue weighted by atomic mass is 19.4. The van der Waals surface area contributed by atoms with E-state index < -0.39 is 29.7 Å². The first-order valence-electron chi connectivity index (χ1n) is 9.72. The summed E-state index contributed by atoms with van der Waals surface area (Å²) >= 11 is 0. The van der Waals surface area contributed by atoms with Gasteiger partial charge in [-0.25, -0.2) is 4.39 Å². The van der Waals surface area contributed by atoms with Crippen LogP contribution in [0.1, 0.15) is 28.2 Å². The summed E-state index contributed by atoms with van der Waals surface area (Å²) in [6.45, 7) is 0.0303. The molecule has 11 nitrogen and oxygen atoms in total. The number of rotatable bonds is 9. The van der Waals surface area contributed by atoms with E-state index in [4.69, 9.17) is 0 Å². The average Bonchev–Trinajstić information content (AvgIpc) is 3.45. The zero-order valence-corrected chi connectivity index (χ0v) is 17.4. The third kappa shape index (κ3) is 6.61. The number of aryl methyl sites for hydroxylation is 1. The molecule has 0 spiro atoms. The van der Waals surface area contributed by atoms with E-state index in [0.29, 0.717) is 6.20 Å². The molecule has 0 aliphatic carbocycles. The Morgan fingerprint density at radius 3 is 2.70 bits per heavy atom. The van der Waals surface area contributed by atoms with Crippen LogP contribution in [0.4, 0.5) is 17.6 Å². The van der Waals surface area contributed by atoms with Gasteiger partial charge < -0.3 is 10.6 Å². The van der Waals surface area contributed by atoms with Gasteiger partial charge in [0.1, 0.15) is 11.9 Å². The van der Waals surface area contributed by atoms with Crippen molar-refractivity contribution in [1.29, 1.82) is 0 Å². The van der Waals surface area contributed by atoms with Crippen LogP contribution in [-0.2, 0) is 24.1 Å². The molecule has 2 aromatic rings. The van der Waals surface area contributed by atoms with E-state index in [9.17, 15) is 27.2 Å². The Morgan fingerprint density at radius 2 is 2.03 bits per heavy atom. The summed E-state index contributed by atoms with van der Waals surface area (Å²) in [7, 11) is 1.46. The quantitative estimate of drug-likeness (QED) is 0.384. The molecule has 178 valence electrons. The van der Waals surface area contributed by atoms with E-state index >= 15 is 0 Å². The number of nitrogens with zero attached hydrogens (tertiary/aromatic N) is 5. The number of hydrogen-bond acceptors (Lipinski definition) is 8. The molecule has 0 saturated carbocycles. The molecule has 0 aromatic carbocycles. The van der Waals surface area contributed by atoms with Crippen LogP contribution in [0, 0.1) is 0 Å². The van der Waals surface area contributed by atoms with Crippen molar-refractivity contribution in [3.05, 3.63) is 53.4 Å². The van der Waals surface area contributed by atoms with Crippen LogP contribution in [0.15, 0.2) is 36.4 Å². The Balaban J connectivity index is 1.43. The molecule has 1 aliphatic rings. The fourth-order valence-electron chi connectivity index (χ4n) is 2.75. The van der Waals surface area contributed by atoms with Gasteiger partial charge in [0.2, 0.25) is 0 Å². The summed E-state index contributed by atoms with van der Waals surface area (Å²) in [5, 5.41) is 13.7. The maximum absolute atomic E-state index is 14.3. The fourth-order valence-corrected chi connectivity index (χ4v) is 2.75. The molecule has 2 amide bonds. The number of aromatic nitrogens is 4. The normalized spacial score (nSPS) is 14.5. The molecule has 1 aliphatic heterocycles. The summed E-state index contributed by atoms with van der Waals surface area (Å²) in [5.41, 5.74) is 4.81. The summed E-state index contributed by atoms with van der Waals surface area (Å²) in [4.78, 5) is 27.3. The number of pyridine rings is 1. The van der Waals surface area contributed by atoms with Gasteiger partial charge in [0.25, 0.3) is 11.8 Å². The third-order valence-electron chi connectivity index (χ3n) is 4.51. The zero-order valence-electron chi connectivity index (χ0n) is 17.4. The second kappa shape index (κ2) is 10.2. The minimum Gasteiger partial charge on any atom is -0.354 e. The van der Waals surface area contributed by atoms with E-state index in [-0.39, 0.29) is 43.1 Å². The Bertz CT molecular complexity index is 1010. The minimum absolute atomic E-state index is 0.0821. The molecule has 1 unspecified atom stereocenters. The highest BCUT2D eigenvalue weighted by Gasteiger charge is 2.30. The number of amides is 2. The van der Waals surface area contributed by atoms with Crippen LogP contribution in [0.2, 0.25) is 0 Å². The average molecular weight is 471 g/mol. The number of nitrogens with one attached hydrogen (secondary N) is 4. The Labute approximate surface area is 185 Å². The van der Waals surface area contributed by atoms with Crippen molar-refractivity contribution in [2.24, 2.45) is 0 Å². The van der Waals surface area contributed by atoms with Crippen molar-refractivity contribution in [3.8, 4) is 0 Å². The van der Waals surface area contributed by atoms with E-state index in [0.717, 1.165) is 6.07 Å². The predicted octanol–water partition coefficient (Wildman–Crippen LogP) is 0.262. The molecule has 0 fully saturated rings. The van der Waals surface area contributed by atoms with Gasteiger partial charge in [-0.05, 0) is 12.1 Å². The number of hydrogen-bond donors (Lipinski definition) is 4. The molecule has 2 aromatic heterocycles. The highest BCUT2D eigenvalue weighted by molar-refractivity contribution is 5.92. The van der Waals surface area contributed by atoms with Gasteiger partial charge in [-0.15, -0.1) is 10.6 Å². The van der Waals surface area contributed by atoms with Crippen LogP contribution in [0.5, 0.6) is 0 Å². The van der Waals surface area contributed by atoms with E-state index in [1.165, 1.54) is 35.2 Å². The lowest BCUT2D eigenvalue weighted by Crippen LogP contribution is -2.41. The number of alkyl halides is 4. The maximum Gasteiger partial charge on any atom is 0.417 e. The number of carbonyl (C=O) groups is 2. The summed E-state index contributed by atoms with van der Waals surface area (Å²) in [5.74, 6) is -0.943. The van der Waals surface area contributed by atoms with Gasteiger partial charge in [0.15, 0.2) is 5.69 Å². The molecule has 3 heterocycles. The SMILES string of the molecule is CNC(=O)c1cn(CCC(F)CN2C=C(C(=O)NCc3ccc(C(F)(F)F)cn3)NN2)nn1. The first-order valence-corrected chi connectivity index (χ1v) is 9.72. The molecule has 3 rings (SSSR count). The maximum atomic E-state index is 14.3.